The molecule has 130 valence electrons. The SMILES string of the molecule is COc1ccc(Cl)cc1NC(=O)CN(C)S(=O)(=O)c1ccc(Cl)s1. The predicted octanol–water partition coefficient (Wildman–Crippen LogP) is 3.32. The summed E-state index contributed by atoms with van der Waals surface area (Å²) < 4.78 is 31.2. The predicted molar refractivity (Wildman–Crippen MR) is 95.8 cm³/mol. The van der Waals surface area contributed by atoms with E-state index in [1.54, 1.807) is 12.1 Å². The molecule has 0 bridgehead atoms. The molecule has 0 fully saturated rings. The van der Waals surface area contributed by atoms with E-state index in [0.29, 0.717) is 20.8 Å². The number of carbonyl (C=O) groups is 1. The van der Waals surface area contributed by atoms with Crippen molar-refractivity contribution < 1.29 is 17.9 Å². The third-order valence-corrected chi connectivity index (χ3v) is 6.75. The lowest BCUT2D eigenvalue weighted by Crippen LogP contribution is -2.34. The van der Waals surface area contributed by atoms with E-state index in [4.69, 9.17) is 27.9 Å². The average molecular weight is 409 g/mol. The number of amides is 1. The highest BCUT2D eigenvalue weighted by molar-refractivity contribution is 7.91. The highest BCUT2D eigenvalue weighted by Crippen LogP contribution is 2.29. The number of hydrogen-bond acceptors (Lipinski definition) is 5. The lowest BCUT2D eigenvalue weighted by Gasteiger charge is -2.16. The standard InChI is InChI=1S/C14H14Cl2N2O4S2/c1-18(24(20,21)14-6-5-12(16)23-14)8-13(19)17-10-7-9(15)3-4-11(10)22-2/h3-7H,8H2,1-2H3,(H,17,19). The van der Waals surface area contributed by atoms with Crippen molar-refractivity contribution in [1.82, 2.24) is 4.31 Å². The molecule has 1 heterocycles. The van der Waals surface area contributed by atoms with E-state index in [1.807, 2.05) is 0 Å². The van der Waals surface area contributed by atoms with Crippen LogP contribution in [-0.4, -0.2) is 39.3 Å². The van der Waals surface area contributed by atoms with Gasteiger partial charge >= 0.3 is 0 Å². The van der Waals surface area contributed by atoms with Crippen LogP contribution in [0.4, 0.5) is 5.69 Å². The van der Waals surface area contributed by atoms with Gasteiger partial charge in [0.1, 0.15) is 9.96 Å². The Morgan fingerprint density at radius 3 is 2.58 bits per heavy atom. The molecule has 0 unspecified atom stereocenters. The van der Waals surface area contributed by atoms with Crippen molar-refractivity contribution in [3.63, 3.8) is 0 Å². The van der Waals surface area contributed by atoms with E-state index in [0.717, 1.165) is 15.6 Å². The van der Waals surface area contributed by atoms with E-state index in [-0.39, 0.29) is 10.8 Å². The molecular formula is C14H14Cl2N2O4S2. The minimum atomic E-state index is -3.78. The number of halogens is 2. The maximum atomic E-state index is 12.4. The summed E-state index contributed by atoms with van der Waals surface area (Å²) in [5.41, 5.74) is 0.361. The third-order valence-electron chi connectivity index (χ3n) is 3.01. The van der Waals surface area contributed by atoms with Crippen molar-refractivity contribution in [3.05, 3.63) is 39.7 Å². The number of nitrogens with zero attached hydrogens (tertiary/aromatic N) is 1. The van der Waals surface area contributed by atoms with Crippen LogP contribution in [-0.2, 0) is 14.8 Å². The van der Waals surface area contributed by atoms with Crippen LogP contribution in [0.1, 0.15) is 0 Å². The number of carbonyl (C=O) groups excluding carboxylic acids is 1. The summed E-state index contributed by atoms with van der Waals surface area (Å²) in [6.45, 7) is -0.368. The molecule has 1 aromatic heterocycles. The number of sulfonamides is 1. The van der Waals surface area contributed by atoms with E-state index in [9.17, 15) is 13.2 Å². The van der Waals surface area contributed by atoms with Gasteiger partial charge in [-0.3, -0.25) is 4.79 Å². The highest BCUT2D eigenvalue weighted by Gasteiger charge is 2.25. The molecule has 0 saturated heterocycles. The Morgan fingerprint density at radius 1 is 1.29 bits per heavy atom. The van der Waals surface area contributed by atoms with Gasteiger partial charge in [0.05, 0.1) is 23.7 Å². The molecule has 2 aromatic rings. The van der Waals surface area contributed by atoms with Gasteiger partial charge < -0.3 is 10.1 Å². The third kappa shape index (κ3) is 4.40. The summed E-state index contributed by atoms with van der Waals surface area (Å²) in [5.74, 6) is -0.104. The summed E-state index contributed by atoms with van der Waals surface area (Å²) in [6, 6.07) is 7.63. The molecule has 0 aliphatic rings. The molecule has 2 rings (SSSR count). The first-order valence-corrected chi connectivity index (χ1v) is 9.60. The zero-order valence-corrected chi connectivity index (χ0v) is 15.9. The number of methoxy groups -OCH3 is 1. The largest absolute Gasteiger partial charge is 0.495 e. The van der Waals surface area contributed by atoms with Crippen LogP contribution in [0.2, 0.25) is 9.36 Å². The van der Waals surface area contributed by atoms with Gasteiger partial charge in [0.25, 0.3) is 10.0 Å². The Kier molecular flexibility index (Phi) is 6.11. The molecule has 0 saturated carbocycles. The molecule has 0 aliphatic heterocycles. The first-order valence-electron chi connectivity index (χ1n) is 6.59. The number of likely N-dealkylation sites (N-methyl/N-ethyl adjacent to an activating group) is 1. The van der Waals surface area contributed by atoms with Crippen molar-refractivity contribution in [1.29, 1.82) is 0 Å². The van der Waals surface area contributed by atoms with Crippen LogP contribution in [0, 0.1) is 0 Å². The molecule has 1 amide bonds. The summed E-state index contributed by atoms with van der Waals surface area (Å²) in [5, 5.41) is 3.00. The summed E-state index contributed by atoms with van der Waals surface area (Å²) >= 11 is 12.6. The molecule has 1 N–H and O–H groups in total. The van der Waals surface area contributed by atoms with Gasteiger partial charge in [-0.2, -0.15) is 4.31 Å². The zero-order valence-electron chi connectivity index (χ0n) is 12.7. The smallest absolute Gasteiger partial charge is 0.252 e. The Bertz CT molecular complexity index is 852. The summed E-state index contributed by atoms with van der Waals surface area (Å²) in [4.78, 5) is 12.1. The van der Waals surface area contributed by atoms with E-state index >= 15 is 0 Å². The topological polar surface area (TPSA) is 75.7 Å². The fraction of sp³-hybridized carbons (Fsp3) is 0.214. The maximum Gasteiger partial charge on any atom is 0.252 e. The number of rotatable bonds is 6. The highest BCUT2D eigenvalue weighted by atomic mass is 35.5. The Labute approximate surface area is 154 Å². The van der Waals surface area contributed by atoms with Gasteiger partial charge in [-0.1, -0.05) is 23.2 Å². The number of thiophene rings is 1. The van der Waals surface area contributed by atoms with Crippen molar-refractivity contribution >= 4 is 56.2 Å². The quantitative estimate of drug-likeness (QED) is 0.794. The van der Waals surface area contributed by atoms with Crippen LogP contribution in [0.5, 0.6) is 5.75 Å². The van der Waals surface area contributed by atoms with E-state index in [1.165, 1.54) is 32.4 Å². The van der Waals surface area contributed by atoms with Gasteiger partial charge in [0.15, 0.2) is 0 Å². The van der Waals surface area contributed by atoms with Crippen molar-refractivity contribution in [2.75, 3.05) is 26.0 Å². The molecular weight excluding hydrogens is 395 g/mol. The fourth-order valence-corrected chi connectivity index (χ4v) is 4.84. The fourth-order valence-electron chi connectivity index (χ4n) is 1.84. The first-order chi connectivity index (χ1) is 11.2. The monoisotopic (exact) mass is 408 g/mol. The Morgan fingerprint density at radius 2 is 2.00 bits per heavy atom. The second-order valence-corrected chi connectivity index (χ2v) is 9.14. The van der Waals surface area contributed by atoms with Crippen molar-refractivity contribution in [3.8, 4) is 5.75 Å². The van der Waals surface area contributed by atoms with Crippen LogP contribution in [0.3, 0.4) is 0 Å². The van der Waals surface area contributed by atoms with Gasteiger partial charge in [-0.05, 0) is 30.3 Å². The van der Waals surface area contributed by atoms with Gasteiger partial charge in [-0.25, -0.2) is 8.42 Å². The molecule has 24 heavy (non-hydrogen) atoms. The van der Waals surface area contributed by atoms with Gasteiger partial charge in [0, 0.05) is 12.1 Å². The molecule has 0 radical (unpaired) electrons. The summed E-state index contributed by atoms with van der Waals surface area (Å²) in [7, 11) is -1.01. The molecule has 6 nitrogen and oxygen atoms in total. The number of ether oxygens (including phenoxy) is 1. The maximum absolute atomic E-state index is 12.4. The number of anilines is 1. The molecule has 0 atom stereocenters. The van der Waals surface area contributed by atoms with E-state index in [2.05, 4.69) is 5.32 Å². The first kappa shape index (κ1) is 19.0. The minimum absolute atomic E-state index is 0.0723. The molecule has 1 aromatic carbocycles. The van der Waals surface area contributed by atoms with Crippen LogP contribution < -0.4 is 10.1 Å². The van der Waals surface area contributed by atoms with Crippen LogP contribution in [0.25, 0.3) is 0 Å². The Balaban J connectivity index is 2.11. The van der Waals surface area contributed by atoms with Crippen LogP contribution in [0.15, 0.2) is 34.5 Å². The molecule has 10 heteroatoms. The van der Waals surface area contributed by atoms with Crippen molar-refractivity contribution in [2.45, 2.75) is 4.21 Å². The van der Waals surface area contributed by atoms with Gasteiger partial charge in [0.2, 0.25) is 5.91 Å². The lowest BCUT2D eigenvalue weighted by atomic mass is 10.3. The number of hydrogen-bond donors (Lipinski definition) is 1. The number of benzene rings is 1. The normalized spacial score (nSPS) is 11.5. The molecule has 0 aliphatic carbocycles. The summed E-state index contributed by atoms with van der Waals surface area (Å²) in [6.07, 6.45) is 0. The van der Waals surface area contributed by atoms with Crippen LogP contribution >= 0.6 is 34.5 Å². The van der Waals surface area contributed by atoms with Crippen molar-refractivity contribution in [2.24, 2.45) is 0 Å². The Hall–Kier alpha value is -1.32. The second-order valence-electron chi connectivity index (χ2n) is 4.71. The van der Waals surface area contributed by atoms with E-state index < -0.39 is 15.9 Å². The zero-order chi connectivity index (χ0) is 17.9. The molecule has 0 spiro atoms. The lowest BCUT2D eigenvalue weighted by molar-refractivity contribution is -0.116. The number of nitrogens with one attached hydrogen (secondary N) is 1. The average Bonchev–Trinajstić information content (AvgIpc) is 2.94. The second kappa shape index (κ2) is 7.71. The minimum Gasteiger partial charge on any atom is -0.495 e. The van der Waals surface area contributed by atoms with Gasteiger partial charge in [-0.15, -0.1) is 11.3 Å².